The SMILES string of the molecule is CCCCNC(=O)c1ccnc(Nc2ccc(N(C)C)cc2)n1. The minimum atomic E-state index is -0.174. The van der Waals surface area contributed by atoms with Crippen molar-refractivity contribution in [3.8, 4) is 0 Å². The third kappa shape index (κ3) is 4.95. The minimum Gasteiger partial charge on any atom is -0.378 e. The standard InChI is InChI=1S/C17H23N5O/c1-4-5-11-18-16(23)15-10-12-19-17(21-15)20-13-6-8-14(9-7-13)22(2)3/h6-10,12H,4-5,11H2,1-3H3,(H,18,23)(H,19,20,21). The van der Waals surface area contributed by atoms with Crippen molar-refractivity contribution in [1.29, 1.82) is 0 Å². The van der Waals surface area contributed by atoms with Gasteiger partial charge in [-0.15, -0.1) is 0 Å². The highest BCUT2D eigenvalue weighted by Crippen LogP contribution is 2.18. The lowest BCUT2D eigenvalue weighted by atomic mass is 10.2. The number of anilines is 3. The van der Waals surface area contributed by atoms with Crippen LogP contribution in [0.3, 0.4) is 0 Å². The molecule has 0 aliphatic carbocycles. The summed E-state index contributed by atoms with van der Waals surface area (Å²) in [5.41, 5.74) is 2.35. The average Bonchev–Trinajstić information content (AvgIpc) is 2.56. The van der Waals surface area contributed by atoms with Crippen LogP contribution in [0.15, 0.2) is 36.5 Å². The number of carbonyl (C=O) groups is 1. The van der Waals surface area contributed by atoms with E-state index < -0.39 is 0 Å². The molecule has 0 saturated carbocycles. The quantitative estimate of drug-likeness (QED) is 0.769. The average molecular weight is 313 g/mol. The molecule has 0 aliphatic heterocycles. The summed E-state index contributed by atoms with van der Waals surface area (Å²) in [5, 5.41) is 5.96. The fourth-order valence-corrected chi connectivity index (χ4v) is 1.99. The van der Waals surface area contributed by atoms with Gasteiger partial charge in [0, 0.05) is 38.2 Å². The van der Waals surface area contributed by atoms with Crippen molar-refractivity contribution < 1.29 is 4.79 Å². The van der Waals surface area contributed by atoms with Gasteiger partial charge < -0.3 is 15.5 Å². The van der Waals surface area contributed by atoms with Crippen molar-refractivity contribution in [3.05, 3.63) is 42.2 Å². The van der Waals surface area contributed by atoms with E-state index >= 15 is 0 Å². The first-order chi connectivity index (χ1) is 11.1. The van der Waals surface area contributed by atoms with Crippen LogP contribution in [0.2, 0.25) is 0 Å². The highest BCUT2D eigenvalue weighted by atomic mass is 16.1. The Morgan fingerprint density at radius 3 is 2.57 bits per heavy atom. The molecule has 1 heterocycles. The second-order valence-electron chi connectivity index (χ2n) is 5.44. The van der Waals surface area contributed by atoms with Crippen molar-refractivity contribution in [2.24, 2.45) is 0 Å². The van der Waals surface area contributed by atoms with E-state index in [1.165, 1.54) is 0 Å². The molecule has 2 rings (SSSR count). The zero-order valence-electron chi connectivity index (χ0n) is 13.8. The van der Waals surface area contributed by atoms with Crippen molar-refractivity contribution in [1.82, 2.24) is 15.3 Å². The van der Waals surface area contributed by atoms with Gasteiger partial charge in [0.2, 0.25) is 5.95 Å². The lowest BCUT2D eigenvalue weighted by molar-refractivity contribution is 0.0948. The molecule has 0 atom stereocenters. The molecule has 1 aromatic heterocycles. The van der Waals surface area contributed by atoms with E-state index in [4.69, 9.17) is 0 Å². The lowest BCUT2D eigenvalue weighted by Crippen LogP contribution is -2.25. The minimum absolute atomic E-state index is 0.174. The Balaban J connectivity index is 2.03. The smallest absolute Gasteiger partial charge is 0.270 e. The van der Waals surface area contributed by atoms with Crippen LogP contribution in [0.1, 0.15) is 30.3 Å². The van der Waals surface area contributed by atoms with Gasteiger partial charge in [-0.05, 0) is 36.8 Å². The predicted molar refractivity (Wildman–Crippen MR) is 93.3 cm³/mol. The molecule has 122 valence electrons. The van der Waals surface area contributed by atoms with E-state index in [1.54, 1.807) is 12.3 Å². The second kappa shape index (κ2) is 8.12. The summed E-state index contributed by atoms with van der Waals surface area (Å²) in [6, 6.07) is 9.52. The van der Waals surface area contributed by atoms with Gasteiger partial charge in [0.25, 0.3) is 5.91 Å². The number of amides is 1. The number of rotatable bonds is 7. The summed E-state index contributed by atoms with van der Waals surface area (Å²) < 4.78 is 0. The Hall–Kier alpha value is -2.63. The topological polar surface area (TPSA) is 70.2 Å². The molecular weight excluding hydrogens is 290 g/mol. The van der Waals surface area contributed by atoms with E-state index in [0.29, 0.717) is 18.2 Å². The number of unbranched alkanes of at least 4 members (excludes halogenated alkanes) is 1. The molecule has 1 amide bonds. The van der Waals surface area contributed by atoms with E-state index in [2.05, 4.69) is 27.5 Å². The number of benzene rings is 1. The number of nitrogens with one attached hydrogen (secondary N) is 2. The van der Waals surface area contributed by atoms with Crippen LogP contribution < -0.4 is 15.5 Å². The number of hydrogen-bond acceptors (Lipinski definition) is 5. The molecule has 0 bridgehead atoms. The van der Waals surface area contributed by atoms with E-state index in [-0.39, 0.29) is 5.91 Å². The first kappa shape index (κ1) is 16.7. The van der Waals surface area contributed by atoms with Crippen molar-refractivity contribution >= 4 is 23.2 Å². The number of carbonyl (C=O) groups excluding carboxylic acids is 1. The number of nitrogens with zero attached hydrogens (tertiary/aromatic N) is 3. The summed E-state index contributed by atoms with van der Waals surface area (Å²) in [4.78, 5) is 22.5. The van der Waals surface area contributed by atoms with Gasteiger partial charge in [0.15, 0.2) is 0 Å². The number of aromatic nitrogens is 2. The normalized spacial score (nSPS) is 10.2. The Kier molecular flexibility index (Phi) is 5.91. The summed E-state index contributed by atoms with van der Waals surface area (Å²) in [5.74, 6) is 0.234. The summed E-state index contributed by atoms with van der Waals surface area (Å²) >= 11 is 0. The Morgan fingerprint density at radius 1 is 1.17 bits per heavy atom. The molecule has 6 nitrogen and oxygen atoms in total. The largest absolute Gasteiger partial charge is 0.378 e. The van der Waals surface area contributed by atoms with Gasteiger partial charge in [-0.1, -0.05) is 13.3 Å². The molecule has 0 aliphatic rings. The Bertz CT molecular complexity index is 640. The van der Waals surface area contributed by atoms with Gasteiger partial charge in [-0.2, -0.15) is 0 Å². The molecule has 2 aromatic rings. The second-order valence-corrected chi connectivity index (χ2v) is 5.44. The van der Waals surface area contributed by atoms with Gasteiger partial charge in [0.05, 0.1) is 0 Å². The third-order valence-corrected chi connectivity index (χ3v) is 3.34. The van der Waals surface area contributed by atoms with E-state index in [9.17, 15) is 4.79 Å². The van der Waals surface area contributed by atoms with Crippen LogP contribution in [-0.2, 0) is 0 Å². The third-order valence-electron chi connectivity index (χ3n) is 3.34. The van der Waals surface area contributed by atoms with Crippen LogP contribution in [0.4, 0.5) is 17.3 Å². The molecule has 6 heteroatoms. The van der Waals surface area contributed by atoms with Crippen LogP contribution in [-0.4, -0.2) is 36.5 Å². The fourth-order valence-electron chi connectivity index (χ4n) is 1.99. The molecular formula is C17H23N5O. The molecule has 1 aromatic carbocycles. The Labute approximate surface area is 137 Å². The zero-order chi connectivity index (χ0) is 16.7. The van der Waals surface area contributed by atoms with Crippen LogP contribution in [0, 0.1) is 0 Å². The monoisotopic (exact) mass is 313 g/mol. The lowest BCUT2D eigenvalue weighted by Gasteiger charge is -2.13. The van der Waals surface area contributed by atoms with Gasteiger partial charge >= 0.3 is 0 Å². The molecule has 23 heavy (non-hydrogen) atoms. The van der Waals surface area contributed by atoms with Gasteiger partial charge in [-0.3, -0.25) is 4.79 Å². The molecule has 0 fully saturated rings. The molecule has 2 N–H and O–H groups in total. The first-order valence-electron chi connectivity index (χ1n) is 7.76. The highest BCUT2D eigenvalue weighted by molar-refractivity contribution is 5.92. The van der Waals surface area contributed by atoms with E-state index in [0.717, 1.165) is 24.2 Å². The zero-order valence-corrected chi connectivity index (χ0v) is 13.8. The maximum atomic E-state index is 12.0. The van der Waals surface area contributed by atoms with Crippen molar-refractivity contribution in [3.63, 3.8) is 0 Å². The van der Waals surface area contributed by atoms with Crippen LogP contribution >= 0.6 is 0 Å². The highest BCUT2D eigenvalue weighted by Gasteiger charge is 2.08. The first-order valence-corrected chi connectivity index (χ1v) is 7.76. The summed E-state index contributed by atoms with van der Waals surface area (Å²) in [7, 11) is 3.98. The van der Waals surface area contributed by atoms with Crippen molar-refractivity contribution in [2.45, 2.75) is 19.8 Å². The molecule has 0 spiro atoms. The maximum Gasteiger partial charge on any atom is 0.270 e. The van der Waals surface area contributed by atoms with Gasteiger partial charge in [0.1, 0.15) is 5.69 Å². The predicted octanol–water partition coefficient (Wildman–Crippen LogP) is 2.82. The fraction of sp³-hybridized carbons (Fsp3) is 0.353. The van der Waals surface area contributed by atoms with Crippen LogP contribution in [0.25, 0.3) is 0 Å². The summed E-state index contributed by atoms with van der Waals surface area (Å²) in [6.45, 7) is 2.74. The summed E-state index contributed by atoms with van der Waals surface area (Å²) in [6.07, 6.45) is 3.58. The molecule has 0 radical (unpaired) electrons. The molecule has 0 saturated heterocycles. The maximum absolute atomic E-state index is 12.0. The number of hydrogen-bond donors (Lipinski definition) is 2. The van der Waals surface area contributed by atoms with E-state index in [1.807, 2.05) is 43.3 Å². The Morgan fingerprint density at radius 2 is 1.91 bits per heavy atom. The van der Waals surface area contributed by atoms with Gasteiger partial charge in [-0.25, -0.2) is 9.97 Å². The van der Waals surface area contributed by atoms with Crippen LogP contribution in [0.5, 0.6) is 0 Å². The molecule has 0 unspecified atom stereocenters. The van der Waals surface area contributed by atoms with Crippen molar-refractivity contribution in [2.75, 3.05) is 30.9 Å².